The van der Waals surface area contributed by atoms with Gasteiger partial charge in [-0.25, -0.2) is 0 Å². The molecule has 0 aromatic carbocycles. The molecule has 5 heavy (non-hydrogen) atoms. The standard InChI is InChI=1S/C4H10.Ce/c1-3-4-2;/h3-4H2,1-2H3;. The predicted molar refractivity (Wildman–Crippen MR) is 20.6 cm³/mol. The molecule has 0 rings (SSSR count). The van der Waals surface area contributed by atoms with Crippen molar-refractivity contribution >= 4 is 0 Å². The van der Waals surface area contributed by atoms with Gasteiger partial charge in [0, 0.05) is 41.7 Å². The van der Waals surface area contributed by atoms with E-state index in [2.05, 4.69) is 13.8 Å². The summed E-state index contributed by atoms with van der Waals surface area (Å²) in [6.45, 7) is 4.36. The van der Waals surface area contributed by atoms with E-state index in [1.54, 1.807) is 0 Å². The molecule has 0 spiro atoms. The maximum Gasteiger partial charge on any atom is 0 e. The van der Waals surface area contributed by atoms with Crippen molar-refractivity contribution in [3.05, 3.63) is 0 Å². The van der Waals surface area contributed by atoms with Crippen LogP contribution in [0.15, 0.2) is 0 Å². The van der Waals surface area contributed by atoms with Gasteiger partial charge in [-0.3, -0.25) is 0 Å². The van der Waals surface area contributed by atoms with Crippen LogP contribution in [-0.4, -0.2) is 0 Å². The Morgan fingerprint density at radius 3 is 1.20 bits per heavy atom. The molecule has 0 heterocycles. The zero-order valence-electron chi connectivity index (χ0n) is 3.91. The van der Waals surface area contributed by atoms with Gasteiger partial charge in [-0.2, -0.15) is 0 Å². The molecule has 0 nitrogen and oxygen atoms in total. The molecular formula is C4H10Ce. The fourth-order valence-electron chi connectivity index (χ4n) is 0. The minimum atomic E-state index is 0. The summed E-state index contributed by atoms with van der Waals surface area (Å²) in [6.07, 6.45) is 2.64. The molecule has 0 aliphatic heterocycles. The van der Waals surface area contributed by atoms with Gasteiger partial charge >= 0.3 is 0 Å². The quantitative estimate of drug-likeness (QED) is 0.602. The topological polar surface area (TPSA) is 0 Å². The van der Waals surface area contributed by atoms with Crippen LogP contribution in [0.1, 0.15) is 26.7 Å². The van der Waals surface area contributed by atoms with Crippen LogP contribution in [0.4, 0.5) is 0 Å². The van der Waals surface area contributed by atoms with E-state index < -0.39 is 0 Å². The van der Waals surface area contributed by atoms with E-state index in [9.17, 15) is 0 Å². The van der Waals surface area contributed by atoms with Crippen molar-refractivity contribution < 1.29 is 41.7 Å². The normalized spacial score (nSPS) is 6.00. The van der Waals surface area contributed by atoms with Crippen molar-refractivity contribution in [1.82, 2.24) is 0 Å². The maximum atomic E-state index is 2.18. The molecule has 0 aliphatic carbocycles. The van der Waals surface area contributed by atoms with Crippen LogP contribution >= 0.6 is 0 Å². The van der Waals surface area contributed by atoms with Gasteiger partial charge in [-0.15, -0.1) is 0 Å². The Kier molecular flexibility index (Phi) is 17.4. The van der Waals surface area contributed by atoms with Crippen LogP contribution in [0.5, 0.6) is 0 Å². The summed E-state index contributed by atoms with van der Waals surface area (Å²) in [5, 5.41) is 0. The summed E-state index contributed by atoms with van der Waals surface area (Å²) >= 11 is 0. The van der Waals surface area contributed by atoms with Crippen molar-refractivity contribution in [2.24, 2.45) is 0 Å². The second-order valence-corrected chi connectivity index (χ2v) is 1.000. The first-order chi connectivity index (χ1) is 1.91. The number of unbranched alkanes of at least 4 members (excludes halogenated alkanes) is 1. The molecule has 1 heteroatoms. The third-order valence-electron chi connectivity index (χ3n) is 0.500. The van der Waals surface area contributed by atoms with Gasteiger partial charge in [0.05, 0.1) is 0 Å². The van der Waals surface area contributed by atoms with E-state index in [0.717, 1.165) is 0 Å². The Morgan fingerprint density at radius 1 is 1.00 bits per heavy atom. The van der Waals surface area contributed by atoms with E-state index in [-0.39, 0.29) is 41.7 Å². The second kappa shape index (κ2) is 9.03. The van der Waals surface area contributed by atoms with Crippen LogP contribution in [0.3, 0.4) is 0 Å². The van der Waals surface area contributed by atoms with Gasteiger partial charge in [0.2, 0.25) is 0 Å². The smallest absolute Gasteiger partial charge is 0 e. The van der Waals surface area contributed by atoms with Crippen LogP contribution in [0.25, 0.3) is 0 Å². The summed E-state index contributed by atoms with van der Waals surface area (Å²) in [7, 11) is 0. The molecule has 0 radical (unpaired) electrons. The minimum absolute atomic E-state index is 0. The summed E-state index contributed by atoms with van der Waals surface area (Å²) < 4.78 is 0. The minimum Gasteiger partial charge on any atom is -0.0654 e. The first-order valence-electron chi connectivity index (χ1n) is 1.91. The van der Waals surface area contributed by atoms with E-state index in [1.165, 1.54) is 12.8 Å². The summed E-state index contributed by atoms with van der Waals surface area (Å²) in [5.74, 6) is 0. The van der Waals surface area contributed by atoms with Crippen LogP contribution in [0.2, 0.25) is 0 Å². The van der Waals surface area contributed by atoms with Crippen molar-refractivity contribution in [1.29, 1.82) is 0 Å². The van der Waals surface area contributed by atoms with Crippen molar-refractivity contribution in [2.75, 3.05) is 0 Å². The van der Waals surface area contributed by atoms with Gasteiger partial charge in [-0.05, 0) is 0 Å². The molecule has 30 valence electrons. The van der Waals surface area contributed by atoms with Gasteiger partial charge in [-0.1, -0.05) is 26.7 Å². The summed E-state index contributed by atoms with van der Waals surface area (Å²) in [6, 6.07) is 0. The zero-order valence-corrected chi connectivity index (χ0v) is 7.05. The van der Waals surface area contributed by atoms with Gasteiger partial charge in [0.15, 0.2) is 0 Å². The number of rotatable bonds is 1. The Bertz CT molecular complexity index is 5.61. The molecule has 0 aromatic heterocycles. The van der Waals surface area contributed by atoms with Crippen LogP contribution in [0, 0.1) is 41.7 Å². The van der Waals surface area contributed by atoms with E-state index in [4.69, 9.17) is 0 Å². The Balaban J connectivity index is 0. The Labute approximate surface area is 67.7 Å². The van der Waals surface area contributed by atoms with Gasteiger partial charge in [0.25, 0.3) is 0 Å². The predicted octanol–water partition coefficient (Wildman–Crippen LogP) is 1.81. The third-order valence-corrected chi connectivity index (χ3v) is 0.500. The van der Waals surface area contributed by atoms with Crippen LogP contribution < -0.4 is 0 Å². The summed E-state index contributed by atoms with van der Waals surface area (Å²) in [5.41, 5.74) is 0. The molecule has 0 atom stereocenters. The van der Waals surface area contributed by atoms with E-state index >= 15 is 0 Å². The maximum absolute atomic E-state index is 2.18. The molecular weight excluding hydrogens is 188 g/mol. The van der Waals surface area contributed by atoms with Gasteiger partial charge < -0.3 is 0 Å². The number of hydrogen-bond donors (Lipinski definition) is 0. The van der Waals surface area contributed by atoms with Crippen LogP contribution in [-0.2, 0) is 0 Å². The van der Waals surface area contributed by atoms with Crippen molar-refractivity contribution in [3.8, 4) is 0 Å². The SMILES string of the molecule is CCCC.[Ce]. The molecule has 0 N–H and O–H groups in total. The molecule has 0 unspecified atom stereocenters. The Hall–Kier alpha value is 1.38. The second-order valence-electron chi connectivity index (χ2n) is 1.000. The zero-order chi connectivity index (χ0) is 3.41. The Morgan fingerprint density at radius 2 is 1.20 bits per heavy atom. The molecule has 0 amide bonds. The molecule has 0 saturated heterocycles. The summed E-state index contributed by atoms with van der Waals surface area (Å²) in [4.78, 5) is 0. The third kappa shape index (κ3) is 10.9. The van der Waals surface area contributed by atoms with E-state index in [0.29, 0.717) is 0 Å². The average molecular weight is 198 g/mol. The molecule has 0 aromatic rings. The fraction of sp³-hybridized carbons (Fsp3) is 1.00. The number of hydrogen-bond acceptors (Lipinski definition) is 0. The first-order valence-corrected chi connectivity index (χ1v) is 1.91. The molecule has 0 bridgehead atoms. The van der Waals surface area contributed by atoms with Crippen molar-refractivity contribution in [2.45, 2.75) is 26.7 Å². The largest absolute Gasteiger partial charge is 0.0654 e. The fourth-order valence-corrected chi connectivity index (χ4v) is 0. The first kappa shape index (κ1) is 9.62. The molecule has 0 aliphatic rings. The van der Waals surface area contributed by atoms with E-state index in [1.807, 2.05) is 0 Å². The monoisotopic (exact) mass is 198 g/mol. The van der Waals surface area contributed by atoms with Gasteiger partial charge in [0.1, 0.15) is 0 Å². The van der Waals surface area contributed by atoms with Crippen molar-refractivity contribution in [3.63, 3.8) is 0 Å². The molecule has 0 fully saturated rings. The molecule has 0 saturated carbocycles. The average Bonchev–Trinajstić information content (AvgIpc) is 1.37.